The van der Waals surface area contributed by atoms with Gasteiger partial charge >= 0.3 is 12.1 Å². The van der Waals surface area contributed by atoms with E-state index in [1.165, 1.54) is 30.3 Å². The summed E-state index contributed by atoms with van der Waals surface area (Å²) in [6.45, 7) is 6.11. The maximum absolute atomic E-state index is 13.4. The van der Waals surface area contributed by atoms with Crippen molar-refractivity contribution in [3.05, 3.63) is 83.4 Å². The van der Waals surface area contributed by atoms with Gasteiger partial charge in [0.2, 0.25) is 0 Å². The number of amides is 1. The van der Waals surface area contributed by atoms with Crippen LogP contribution < -0.4 is 10.1 Å². The molecular weight excluding hydrogens is 523 g/mol. The first-order chi connectivity index (χ1) is 18.9. The van der Waals surface area contributed by atoms with Crippen LogP contribution in [0.4, 0.5) is 13.2 Å². The highest BCUT2D eigenvalue weighted by Gasteiger charge is 2.30. The first-order valence-electron chi connectivity index (χ1n) is 13.2. The SMILES string of the molecule is C=C1CC(C)CC(CC[C@H](NC(=O)c2ccc3cc(O)ccc3c2OCc2ccc(C(F)(F)F)cc2)C(=O)O)C1. The monoisotopic (exact) mass is 555 g/mol. The normalized spacial score (nSPS) is 18.4. The largest absolute Gasteiger partial charge is 0.508 e. The van der Waals surface area contributed by atoms with Crippen LogP contribution in [0.25, 0.3) is 10.8 Å². The second kappa shape index (κ2) is 12.0. The zero-order chi connectivity index (χ0) is 29.0. The van der Waals surface area contributed by atoms with Crippen LogP contribution in [0.2, 0.25) is 0 Å². The summed E-state index contributed by atoms with van der Waals surface area (Å²) >= 11 is 0. The Morgan fingerprint density at radius 3 is 2.48 bits per heavy atom. The summed E-state index contributed by atoms with van der Waals surface area (Å²) in [4.78, 5) is 25.4. The van der Waals surface area contributed by atoms with Gasteiger partial charge in [0, 0.05) is 5.39 Å². The summed E-state index contributed by atoms with van der Waals surface area (Å²) in [5.74, 6) is -0.850. The van der Waals surface area contributed by atoms with Gasteiger partial charge in [-0.15, -0.1) is 0 Å². The Morgan fingerprint density at radius 1 is 1.10 bits per heavy atom. The molecule has 3 atom stereocenters. The van der Waals surface area contributed by atoms with Crippen LogP contribution >= 0.6 is 0 Å². The number of carbonyl (C=O) groups is 2. The number of nitrogens with one attached hydrogen (secondary N) is 1. The van der Waals surface area contributed by atoms with Crippen LogP contribution in [0, 0.1) is 11.8 Å². The minimum atomic E-state index is -4.47. The molecule has 1 aliphatic carbocycles. The Balaban J connectivity index is 1.55. The third kappa shape index (κ3) is 7.14. The smallest absolute Gasteiger partial charge is 0.416 e. The van der Waals surface area contributed by atoms with Crippen LogP contribution in [-0.4, -0.2) is 28.1 Å². The van der Waals surface area contributed by atoms with Crippen LogP contribution in [0.3, 0.4) is 0 Å². The van der Waals surface area contributed by atoms with Gasteiger partial charge in [0.15, 0.2) is 0 Å². The molecule has 1 fully saturated rings. The van der Waals surface area contributed by atoms with E-state index >= 15 is 0 Å². The summed E-state index contributed by atoms with van der Waals surface area (Å²) in [5, 5.41) is 23.4. The number of hydrogen-bond acceptors (Lipinski definition) is 4. The molecule has 212 valence electrons. The lowest BCUT2D eigenvalue weighted by Gasteiger charge is -2.29. The van der Waals surface area contributed by atoms with Crippen molar-refractivity contribution in [3.8, 4) is 11.5 Å². The summed E-state index contributed by atoms with van der Waals surface area (Å²) in [6, 6.07) is 10.9. The number of phenolic OH excluding ortho intramolecular Hbond substituents is 1. The second-order valence-electron chi connectivity index (χ2n) is 10.6. The van der Waals surface area contributed by atoms with E-state index in [0.717, 1.165) is 37.0 Å². The van der Waals surface area contributed by atoms with Gasteiger partial charge in [0.1, 0.15) is 24.1 Å². The highest BCUT2D eigenvalue weighted by atomic mass is 19.4. The van der Waals surface area contributed by atoms with Crippen LogP contribution in [0.1, 0.15) is 60.5 Å². The topological polar surface area (TPSA) is 95.9 Å². The molecule has 1 saturated carbocycles. The van der Waals surface area contributed by atoms with Crippen LogP contribution in [0.5, 0.6) is 11.5 Å². The molecule has 1 amide bonds. The van der Waals surface area contributed by atoms with Crippen LogP contribution in [0.15, 0.2) is 66.7 Å². The number of halogens is 3. The number of alkyl halides is 3. The molecule has 9 heteroatoms. The standard InChI is InChI=1S/C31H32F3NO5/c1-18-13-19(2)15-21(14-18)5-12-27(30(38)39)35-29(37)26-10-6-22-16-24(36)9-11-25(22)28(26)40-17-20-3-7-23(8-4-20)31(32,33)34/h3-4,6-11,16,19,21,27,36H,1,5,12-15,17H2,2H3,(H,35,37)(H,38,39)/t19?,21?,27-/m0/s1. The predicted molar refractivity (Wildman–Crippen MR) is 145 cm³/mol. The van der Waals surface area contributed by atoms with E-state index in [9.17, 15) is 33.0 Å². The van der Waals surface area contributed by atoms with E-state index < -0.39 is 29.7 Å². The van der Waals surface area contributed by atoms with Gasteiger partial charge in [-0.1, -0.05) is 37.3 Å². The maximum atomic E-state index is 13.4. The molecular formula is C31H32F3NO5. The zero-order valence-electron chi connectivity index (χ0n) is 22.1. The highest BCUT2D eigenvalue weighted by Crippen LogP contribution is 2.36. The van der Waals surface area contributed by atoms with Crippen molar-refractivity contribution in [2.75, 3.05) is 0 Å². The molecule has 4 rings (SSSR count). The number of hydrogen-bond donors (Lipinski definition) is 3. The number of aromatic hydroxyl groups is 1. The molecule has 0 aromatic heterocycles. The Labute approximate surface area is 230 Å². The highest BCUT2D eigenvalue weighted by molar-refractivity contribution is 6.05. The van der Waals surface area contributed by atoms with E-state index in [1.807, 2.05) is 0 Å². The number of phenols is 1. The lowest BCUT2D eigenvalue weighted by molar-refractivity contribution is -0.139. The fourth-order valence-corrected chi connectivity index (χ4v) is 5.40. The first kappa shape index (κ1) is 29.0. The number of carbonyl (C=O) groups excluding carboxylic acids is 1. The van der Waals surface area contributed by atoms with Gasteiger partial charge < -0.3 is 20.3 Å². The molecule has 0 saturated heterocycles. The van der Waals surface area contributed by atoms with E-state index in [2.05, 4.69) is 18.8 Å². The number of benzene rings is 3. The number of carboxylic acids is 1. The third-order valence-electron chi connectivity index (χ3n) is 7.28. The number of ether oxygens (including phenoxy) is 1. The Bertz CT molecular complexity index is 1400. The lowest BCUT2D eigenvalue weighted by atomic mass is 9.77. The van der Waals surface area contributed by atoms with Crippen molar-refractivity contribution in [2.45, 2.75) is 57.9 Å². The molecule has 0 spiro atoms. The Kier molecular flexibility index (Phi) is 8.71. The minimum absolute atomic E-state index is 0.00375. The Hall–Kier alpha value is -4.01. The molecule has 0 aliphatic heterocycles. The van der Waals surface area contributed by atoms with E-state index in [1.54, 1.807) is 12.1 Å². The number of rotatable bonds is 9. The molecule has 3 N–H and O–H groups in total. The molecule has 2 unspecified atom stereocenters. The van der Waals surface area contributed by atoms with Crippen molar-refractivity contribution in [3.63, 3.8) is 0 Å². The van der Waals surface area contributed by atoms with E-state index in [4.69, 9.17) is 4.74 Å². The van der Waals surface area contributed by atoms with Gasteiger partial charge in [-0.3, -0.25) is 4.79 Å². The van der Waals surface area contributed by atoms with Crippen molar-refractivity contribution < 1.29 is 37.7 Å². The molecule has 1 aliphatic rings. The maximum Gasteiger partial charge on any atom is 0.416 e. The van der Waals surface area contributed by atoms with Crippen molar-refractivity contribution in [1.29, 1.82) is 0 Å². The van der Waals surface area contributed by atoms with Gasteiger partial charge in [-0.05, 0) is 91.3 Å². The minimum Gasteiger partial charge on any atom is -0.508 e. The van der Waals surface area contributed by atoms with Crippen molar-refractivity contribution in [2.24, 2.45) is 11.8 Å². The van der Waals surface area contributed by atoms with Crippen molar-refractivity contribution in [1.82, 2.24) is 5.32 Å². The Morgan fingerprint density at radius 2 is 1.82 bits per heavy atom. The summed E-state index contributed by atoms with van der Waals surface area (Å²) in [5.41, 5.74) is 0.901. The first-order valence-corrected chi connectivity index (χ1v) is 13.2. The number of aliphatic carboxylic acids is 1. The van der Waals surface area contributed by atoms with Gasteiger partial charge in [0.05, 0.1) is 11.1 Å². The van der Waals surface area contributed by atoms with E-state index in [0.29, 0.717) is 34.6 Å². The quantitative estimate of drug-likeness (QED) is 0.245. The summed E-state index contributed by atoms with van der Waals surface area (Å²) < 4.78 is 44.8. The van der Waals surface area contributed by atoms with E-state index in [-0.39, 0.29) is 30.1 Å². The third-order valence-corrected chi connectivity index (χ3v) is 7.28. The lowest BCUT2D eigenvalue weighted by Crippen LogP contribution is -2.41. The van der Waals surface area contributed by atoms with Crippen molar-refractivity contribution >= 4 is 22.6 Å². The molecule has 0 heterocycles. The van der Waals surface area contributed by atoms with Gasteiger partial charge in [-0.2, -0.15) is 13.2 Å². The zero-order valence-corrected chi connectivity index (χ0v) is 22.1. The number of fused-ring (bicyclic) bond motifs is 1. The fourth-order valence-electron chi connectivity index (χ4n) is 5.40. The second-order valence-corrected chi connectivity index (χ2v) is 10.6. The number of allylic oxidation sites excluding steroid dienone is 1. The van der Waals surface area contributed by atoms with Gasteiger partial charge in [0.25, 0.3) is 5.91 Å². The summed E-state index contributed by atoms with van der Waals surface area (Å²) in [6.07, 6.45) is -0.760. The molecule has 3 aromatic carbocycles. The van der Waals surface area contributed by atoms with Gasteiger partial charge in [-0.25, -0.2) is 4.79 Å². The fraction of sp³-hybridized carbons (Fsp3) is 0.355. The average molecular weight is 556 g/mol. The number of carboxylic acid groups (broad SMARTS) is 1. The molecule has 0 radical (unpaired) electrons. The molecule has 3 aromatic rings. The predicted octanol–water partition coefficient (Wildman–Crippen LogP) is 7.10. The molecule has 0 bridgehead atoms. The van der Waals surface area contributed by atoms with Crippen LogP contribution in [-0.2, 0) is 17.6 Å². The molecule has 40 heavy (non-hydrogen) atoms. The molecule has 6 nitrogen and oxygen atoms in total. The average Bonchev–Trinajstić information content (AvgIpc) is 2.88. The summed E-state index contributed by atoms with van der Waals surface area (Å²) in [7, 11) is 0.